The Kier molecular flexibility index (Phi) is 3.23. The molecule has 2 aliphatic carbocycles. The Morgan fingerprint density at radius 3 is 2.70 bits per heavy atom. The summed E-state index contributed by atoms with van der Waals surface area (Å²) in [5.74, 6) is 0. The first kappa shape index (κ1) is 13.0. The van der Waals surface area contributed by atoms with Crippen molar-refractivity contribution < 1.29 is 0 Å². The van der Waals surface area contributed by atoms with Crippen LogP contribution in [0.3, 0.4) is 0 Å². The maximum atomic E-state index is 4.92. The number of benzene rings is 1. The van der Waals surface area contributed by atoms with Crippen molar-refractivity contribution in [1.82, 2.24) is 4.98 Å². The van der Waals surface area contributed by atoms with Crippen LogP contribution in [-0.4, -0.2) is 4.98 Å². The predicted molar refractivity (Wildman–Crippen MR) is 88.2 cm³/mol. The van der Waals surface area contributed by atoms with E-state index in [1.54, 1.807) is 4.88 Å². The number of nitrogens with zero attached hydrogens (tertiary/aromatic N) is 1. The summed E-state index contributed by atoms with van der Waals surface area (Å²) in [6.07, 6.45) is 9.58. The van der Waals surface area contributed by atoms with Gasteiger partial charge in [0.25, 0.3) is 0 Å². The SMILES string of the molecule is Brc1ccccc1-c1nc2c(s1)CC1(CCCC1)CC2. The summed E-state index contributed by atoms with van der Waals surface area (Å²) in [5, 5.41) is 1.19. The van der Waals surface area contributed by atoms with E-state index in [0.29, 0.717) is 5.41 Å². The van der Waals surface area contributed by atoms with Gasteiger partial charge in [0, 0.05) is 14.9 Å². The van der Waals surface area contributed by atoms with E-state index in [2.05, 4.69) is 40.2 Å². The lowest BCUT2D eigenvalue weighted by Crippen LogP contribution is -2.24. The molecule has 3 heteroatoms. The lowest BCUT2D eigenvalue weighted by molar-refractivity contribution is 0.256. The van der Waals surface area contributed by atoms with E-state index >= 15 is 0 Å². The van der Waals surface area contributed by atoms with Crippen LogP contribution in [0.25, 0.3) is 10.6 Å². The third kappa shape index (κ3) is 2.15. The fourth-order valence-electron chi connectivity index (χ4n) is 3.83. The molecule has 0 atom stereocenters. The van der Waals surface area contributed by atoms with Crippen LogP contribution in [0.15, 0.2) is 28.7 Å². The number of fused-ring (bicyclic) bond motifs is 1. The molecule has 104 valence electrons. The Labute approximate surface area is 132 Å². The molecule has 0 radical (unpaired) electrons. The minimum Gasteiger partial charge on any atom is -0.241 e. The third-order valence-corrected chi connectivity index (χ3v) is 6.80. The maximum absolute atomic E-state index is 4.92. The fourth-order valence-corrected chi connectivity index (χ4v) is 5.76. The Balaban J connectivity index is 1.70. The number of aromatic nitrogens is 1. The zero-order chi connectivity index (χ0) is 13.6. The molecule has 1 nitrogen and oxygen atoms in total. The van der Waals surface area contributed by atoms with Gasteiger partial charge in [-0.05, 0) is 43.6 Å². The molecule has 2 aromatic rings. The van der Waals surface area contributed by atoms with Gasteiger partial charge in [-0.25, -0.2) is 4.98 Å². The highest BCUT2D eigenvalue weighted by molar-refractivity contribution is 9.10. The van der Waals surface area contributed by atoms with Gasteiger partial charge >= 0.3 is 0 Å². The first-order valence-electron chi connectivity index (χ1n) is 7.49. The molecule has 1 fully saturated rings. The van der Waals surface area contributed by atoms with Crippen LogP contribution in [0, 0.1) is 5.41 Å². The predicted octanol–water partition coefficient (Wildman–Crippen LogP) is 5.62. The Bertz CT molecular complexity index is 640. The molecule has 1 saturated carbocycles. The number of hydrogen-bond acceptors (Lipinski definition) is 2. The van der Waals surface area contributed by atoms with E-state index in [1.807, 2.05) is 11.3 Å². The summed E-state index contributed by atoms with van der Waals surface area (Å²) in [5.41, 5.74) is 3.25. The number of aryl methyl sites for hydroxylation is 1. The largest absolute Gasteiger partial charge is 0.241 e. The van der Waals surface area contributed by atoms with Crippen LogP contribution in [0.2, 0.25) is 0 Å². The summed E-state index contributed by atoms with van der Waals surface area (Å²) < 4.78 is 1.15. The molecular weight excluding hydrogens is 330 g/mol. The van der Waals surface area contributed by atoms with Gasteiger partial charge in [0.2, 0.25) is 0 Å². The van der Waals surface area contributed by atoms with Crippen molar-refractivity contribution >= 4 is 27.3 Å². The Morgan fingerprint density at radius 2 is 1.90 bits per heavy atom. The molecule has 1 aromatic heterocycles. The molecule has 0 aliphatic heterocycles. The van der Waals surface area contributed by atoms with Gasteiger partial charge < -0.3 is 0 Å². The summed E-state index contributed by atoms with van der Waals surface area (Å²) in [7, 11) is 0. The number of hydrogen-bond donors (Lipinski definition) is 0. The van der Waals surface area contributed by atoms with Gasteiger partial charge in [-0.2, -0.15) is 0 Å². The molecule has 0 unspecified atom stereocenters. The second-order valence-corrected chi connectivity index (χ2v) is 8.19. The van der Waals surface area contributed by atoms with Crippen molar-refractivity contribution in [2.75, 3.05) is 0 Å². The second-order valence-electron chi connectivity index (χ2n) is 6.25. The monoisotopic (exact) mass is 347 g/mol. The highest BCUT2D eigenvalue weighted by Gasteiger charge is 2.38. The summed E-state index contributed by atoms with van der Waals surface area (Å²) in [6, 6.07) is 8.43. The second kappa shape index (κ2) is 4.96. The van der Waals surface area contributed by atoms with Gasteiger partial charge in [0.05, 0.1) is 5.69 Å². The normalized spacial score (nSPS) is 20.2. The topological polar surface area (TPSA) is 12.9 Å². The van der Waals surface area contributed by atoms with Crippen molar-refractivity contribution in [2.24, 2.45) is 5.41 Å². The van der Waals surface area contributed by atoms with Crippen LogP contribution in [0.5, 0.6) is 0 Å². The standard InChI is InChI=1S/C17H18BrNS/c18-13-6-2-1-5-12(13)16-19-14-7-10-17(8-3-4-9-17)11-15(14)20-16/h1-2,5-6H,3-4,7-11H2. The van der Waals surface area contributed by atoms with Crippen LogP contribution in [0.1, 0.15) is 42.7 Å². The molecule has 1 spiro atoms. The molecule has 0 amide bonds. The van der Waals surface area contributed by atoms with Gasteiger partial charge in [0.15, 0.2) is 0 Å². The minimum atomic E-state index is 0.630. The third-order valence-electron chi connectivity index (χ3n) is 4.97. The van der Waals surface area contributed by atoms with Gasteiger partial charge in [0.1, 0.15) is 5.01 Å². The van der Waals surface area contributed by atoms with Gasteiger partial charge in [-0.3, -0.25) is 0 Å². The van der Waals surface area contributed by atoms with Gasteiger partial charge in [-0.15, -0.1) is 11.3 Å². The minimum absolute atomic E-state index is 0.630. The molecule has 0 saturated heterocycles. The molecule has 20 heavy (non-hydrogen) atoms. The van der Waals surface area contributed by atoms with Crippen LogP contribution < -0.4 is 0 Å². The molecular formula is C17H18BrNS. The lowest BCUT2D eigenvalue weighted by Gasteiger charge is -2.32. The zero-order valence-corrected chi connectivity index (χ0v) is 13.9. The van der Waals surface area contributed by atoms with E-state index in [4.69, 9.17) is 4.98 Å². The van der Waals surface area contributed by atoms with E-state index in [-0.39, 0.29) is 0 Å². The van der Waals surface area contributed by atoms with Crippen LogP contribution >= 0.6 is 27.3 Å². The highest BCUT2D eigenvalue weighted by Crippen LogP contribution is 2.49. The van der Waals surface area contributed by atoms with Crippen molar-refractivity contribution in [3.63, 3.8) is 0 Å². The van der Waals surface area contributed by atoms with E-state index in [1.165, 1.54) is 61.2 Å². The van der Waals surface area contributed by atoms with E-state index < -0.39 is 0 Å². The number of thiazole rings is 1. The number of halogens is 1. The van der Waals surface area contributed by atoms with Crippen molar-refractivity contribution in [3.8, 4) is 10.6 Å². The fraction of sp³-hybridized carbons (Fsp3) is 0.471. The molecule has 1 aromatic carbocycles. The molecule has 4 rings (SSSR count). The quantitative estimate of drug-likeness (QED) is 0.652. The highest BCUT2D eigenvalue weighted by atomic mass is 79.9. The average Bonchev–Trinajstić information content (AvgIpc) is 3.06. The molecule has 2 aliphatic rings. The van der Waals surface area contributed by atoms with E-state index in [9.17, 15) is 0 Å². The smallest absolute Gasteiger partial charge is 0.125 e. The molecule has 0 N–H and O–H groups in total. The molecule has 1 heterocycles. The Hall–Kier alpha value is -0.670. The maximum Gasteiger partial charge on any atom is 0.125 e. The average molecular weight is 348 g/mol. The van der Waals surface area contributed by atoms with Crippen LogP contribution in [0.4, 0.5) is 0 Å². The van der Waals surface area contributed by atoms with Crippen molar-refractivity contribution in [2.45, 2.75) is 44.9 Å². The first-order valence-corrected chi connectivity index (χ1v) is 9.10. The zero-order valence-electron chi connectivity index (χ0n) is 11.5. The summed E-state index contributed by atoms with van der Waals surface area (Å²) >= 11 is 5.57. The van der Waals surface area contributed by atoms with Crippen molar-refractivity contribution in [3.05, 3.63) is 39.3 Å². The van der Waals surface area contributed by atoms with Crippen LogP contribution in [-0.2, 0) is 12.8 Å². The van der Waals surface area contributed by atoms with Gasteiger partial charge in [-0.1, -0.05) is 47.0 Å². The van der Waals surface area contributed by atoms with Crippen molar-refractivity contribution in [1.29, 1.82) is 0 Å². The summed E-state index contributed by atoms with van der Waals surface area (Å²) in [6.45, 7) is 0. The Morgan fingerprint density at radius 1 is 1.10 bits per heavy atom. The first-order chi connectivity index (χ1) is 9.76. The lowest BCUT2D eigenvalue weighted by atomic mass is 9.74. The summed E-state index contributed by atoms with van der Waals surface area (Å²) in [4.78, 5) is 6.48. The number of rotatable bonds is 1. The molecule has 0 bridgehead atoms. The van der Waals surface area contributed by atoms with E-state index in [0.717, 1.165) is 4.47 Å².